The lowest BCUT2D eigenvalue weighted by Gasteiger charge is -2.08. The number of carbonyl (C=O) groups excluding carboxylic acids is 1. The SMILES string of the molecule is C#CCC(=O)c1ccc(OC)cc1OC. The molecule has 78 valence electrons. The Morgan fingerprint density at radius 3 is 2.67 bits per heavy atom. The summed E-state index contributed by atoms with van der Waals surface area (Å²) in [5.74, 6) is 3.31. The van der Waals surface area contributed by atoms with Crippen LogP contribution in [-0.4, -0.2) is 20.0 Å². The van der Waals surface area contributed by atoms with Gasteiger partial charge in [-0.05, 0) is 12.1 Å². The van der Waals surface area contributed by atoms with Crippen molar-refractivity contribution in [2.24, 2.45) is 0 Å². The van der Waals surface area contributed by atoms with Crippen LogP contribution in [0.4, 0.5) is 0 Å². The quantitative estimate of drug-likeness (QED) is 0.555. The molecule has 0 aliphatic heterocycles. The predicted octanol–water partition coefficient (Wildman–Crippen LogP) is 1.91. The summed E-state index contributed by atoms with van der Waals surface area (Å²) in [7, 11) is 3.05. The molecule has 0 aromatic heterocycles. The summed E-state index contributed by atoms with van der Waals surface area (Å²) in [5, 5.41) is 0. The summed E-state index contributed by atoms with van der Waals surface area (Å²) >= 11 is 0. The average Bonchev–Trinajstić information content (AvgIpc) is 2.28. The molecule has 1 aromatic rings. The highest BCUT2D eigenvalue weighted by molar-refractivity contribution is 6.00. The Balaban J connectivity index is 3.08. The minimum Gasteiger partial charge on any atom is -0.497 e. The molecule has 0 spiro atoms. The molecular weight excluding hydrogens is 192 g/mol. The van der Waals surface area contributed by atoms with Gasteiger partial charge in [0.1, 0.15) is 11.5 Å². The second-order valence-corrected chi connectivity index (χ2v) is 2.87. The summed E-state index contributed by atoms with van der Waals surface area (Å²) in [6.45, 7) is 0. The monoisotopic (exact) mass is 204 g/mol. The molecule has 0 aliphatic carbocycles. The van der Waals surface area contributed by atoms with Crippen molar-refractivity contribution in [1.29, 1.82) is 0 Å². The Labute approximate surface area is 89.0 Å². The predicted molar refractivity (Wildman–Crippen MR) is 57.3 cm³/mol. The lowest BCUT2D eigenvalue weighted by atomic mass is 10.1. The number of Topliss-reactive ketones (excluding diaryl/α,β-unsaturated/α-hetero) is 1. The number of hydrogen-bond donors (Lipinski definition) is 0. The first-order valence-electron chi connectivity index (χ1n) is 4.41. The van der Waals surface area contributed by atoms with Crippen LogP contribution in [0.2, 0.25) is 0 Å². The number of hydrogen-bond acceptors (Lipinski definition) is 3. The Bertz CT molecular complexity index is 402. The molecule has 15 heavy (non-hydrogen) atoms. The van der Waals surface area contributed by atoms with E-state index in [-0.39, 0.29) is 12.2 Å². The average molecular weight is 204 g/mol. The van der Waals surface area contributed by atoms with Crippen molar-refractivity contribution in [1.82, 2.24) is 0 Å². The minimum atomic E-state index is -0.128. The fourth-order valence-corrected chi connectivity index (χ4v) is 1.22. The smallest absolute Gasteiger partial charge is 0.178 e. The molecule has 0 heterocycles. The Kier molecular flexibility index (Phi) is 3.75. The van der Waals surface area contributed by atoms with Gasteiger partial charge in [-0.1, -0.05) is 5.92 Å². The van der Waals surface area contributed by atoms with Gasteiger partial charge in [0, 0.05) is 6.07 Å². The lowest BCUT2D eigenvalue weighted by molar-refractivity contribution is 0.0995. The van der Waals surface area contributed by atoms with Gasteiger partial charge in [0.05, 0.1) is 26.2 Å². The van der Waals surface area contributed by atoms with Gasteiger partial charge in [0.25, 0.3) is 0 Å². The molecule has 0 amide bonds. The van der Waals surface area contributed by atoms with Crippen LogP contribution in [0.5, 0.6) is 11.5 Å². The molecule has 0 radical (unpaired) electrons. The molecule has 1 aromatic carbocycles. The molecule has 1 rings (SSSR count). The second-order valence-electron chi connectivity index (χ2n) is 2.87. The van der Waals surface area contributed by atoms with Gasteiger partial charge in [0.15, 0.2) is 5.78 Å². The molecule has 0 N–H and O–H groups in total. The van der Waals surface area contributed by atoms with Gasteiger partial charge in [-0.2, -0.15) is 0 Å². The number of carbonyl (C=O) groups is 1. The van der Waals surface area contributed by atoms with Gasteiger partial charge in [0.2, 0.25) is 0 Å². The van der Waals surface area contributed by atoms with E-state index < -0.39 is 0 Å². The van der Waals surface area contributed by atoms with Crippen LogP contribution in [0.1, 0.15) is 16.8 Å². The molecule has 0 unspecified atom stereocenters. The highest BCUT2D eigenvalue weighted by atomic mass is 16.5. The van der Waals surface area contributed by atoms with Crippen LogP contribution in [-0.2, 0) is 0 Å². The Morgan fingerprint density at radius 1 is 1.40 bits per heavy atom. The Hall–Kier alpha value is -1.95. The van der Waals surface area contributed by atoms with E-state index in [1.54, 1.807) is 25.3 Å². The highest BCUT2D eigenvalue weighted by Gasteiger charge is 2.11. The molecule has 0 aliphatic rings. The van der Waals surface area contributed by atoms with Gasteiger partial charge in [-0.3, -0.25) is 4.79 Å². The maximum atomic E-state index is 11.6. The van der Waals surface area contributed by atoms with Crippen LogP contribution in [0, 0.1) is 12.3 Å². The first-order valence-corrected chi connectivity index (χ1v) is 4.41. The summed E-state index contributed by atoms with van der Waals surface area (Å²) < 4.78 is 10.1. The highest BCUT2D eigenvalue weighted by Crippen LogP contribution is 2.25. The van der Waals surface area contributed by atoms with Crippen molar-refractivity contribution in [2.45, 2.75) is 6.42 Å². The van der Waals surface area contributed by atoms with Gasteiger partial charge in [-0.15, -0.1) is 6.42 Å². The number of benzene rings is 1. The maximum Gasteiger partial charge on any atom is 0.178 e. The summed E-state index contributed by atoms with van der Waals surface area (Å²) in [4.78, 5) is 11.6. The van der Waals surface area contributed by atoms with E-state index in [0.717, 1.165) is 0 Å². The summed E-state index contributed by atoms with van der Waals surface area (Å²) in [6, 6.07) is 5.01. The van der Waals surface area contributed by atoms with Crippen molar-refractivity contribution in [2.75, 3.05) is 14.2 Å². The van der Waals surface area contributed by atoms with Gasteiger partial charge >= 0.3 is 0 Å². The number of ketones is 1. The van der Waals surface area contributed by atoms with Gasteiger partial charge < -0.3 is 9.47 Å². The number of methoxy groups -OCH3 is 2. The van der Waals surface area contributed by atoms with E-state index in [1.165, 1.54) is 7.11 Å². The van der Waals surface area contributed by atoms with E-state index in [0.29, 0.717) is 17.1 Å². The fourth-order valence-electron chi connectivity index (χ4n) is 1.22. The largest absolute Gasteiger partial charge is 0.497 e. The third-order valence-electron chi connectivity index (χ3n) is 1.97. The lowest BCUT2D eigenvalue weighted by Crippen LogP contribution is -2.01. The fraction of sp³-hybridized carbons (Fsp3) is 0.250. The van der Waals surface area contributed by atoms with Crippen molar-refractivity contribution < 1.29 is 14.3 Å². The topological polar surface area (TPSA) is 35.5 Å². The molecule has 0 saturated carbocycles. The maximum absolute atomic E-state index is 11.6. The van der Waals surface area contributed by atoms with Crippen LogP contribution >= 0.6 is 0 Å². The van der Waals surface area contributed by atoms with E-state index in [2.05, 4.69) is 5.92 Å². The van der Waals surface area contributed by atoms with E-state index in [4.69, 9.17) is 15.9 Å². The van der Waals surface area contributed by atoms with Crippen molar-refractivity contribution in [3.63, 3.8) is 0 Å². The van der Waals surface area contributed by atoms with Crippen LogP contribution < -0.4 is 9.47 Å². The van der Waals surface area contributed by atoms with E-state index in [9.17, 15) is 4.79 Å². The molecule has 0 bridgehead atoms. The Morgan fingerprint density at radius 2 is 2.13 bits per heavy atom. The second kappa shape index (κ2) is 5.06. The zero-order valence-corrected chi connectivity index (χ0v) is 8.74. The third kappa shape index (κ3) is 2.50. The number of ether oxygens (including phenoxy) is 2. The molecular formula is C12H12O3. The molecule has 0 fully saturated rings. The summed E-state index contributed by atoms with van der Waals surface area (Å²) in [6.07, 6.45) is 5.15. The van der Waals surface area contributed by atoms with Crippen LogP contribution in [0.15, 0.2) is 18.2 Å². The molecule has 3 nitrogen and oxygen atoms in total. The van der Waals surface area contributed by atoms with Crippen molar-refractivity contribution in [3.8, 4) is 23.8 Å². The van der Waals surface area contributed by atoms with Gasteiger partial charge in [-0.25, -0.2) is 0 Å². The number of terminal acetylenes is 1. The molecule has 0 atom stereocenters. The minimum absolute atomic E-state index is 0.0721. The van der Waals surface area contributed by atoms with Crippen LogP contribution in [0.25, 0.3) is 0 Å². The van der Waals surface area contributed by atoms with Crippen LogP contribution in [0.3, 0.4) is 0 Å². The first kappa shape index (κ1) is 11.1. The van der Waals surface area contributed by atoms with E-state index in [1.807, 2.05) is 0 Å². The van der Waals surface area contributed by atoms with E-state index >= 15 is 0 Å². The number of rotatable bonds is 4. The third-order valence-corrected chi connectivity index (χ3v) is 1.97. The van der Waals surface area contributed by atoms with Crippen molar-refractivity contribution in [3.05, 3.63) is 23.8 Å². The summed E-state index contributed by atoms with van der Waals surface area (Å²) in [5.41, 5.74) is 0.483. The molecule has 3 heteroatoms. The molecule has 0 saturated heterocycles. The normalized spacial score (nSPS) is 9.13. The zero-order valence-electron chi connectivity index (χ0n) is 8.74. The first-order chi connectivity index (χ1) is 7.22. The standard InChI is InChI=1S/C12H12O3/c1-4-5-11(13)10-7-6-9(14-2)8-12(10)15-3/h1,6-8H,5H2,2-3H3. The zero-order chi connectivity index (χ0) is 11.3. The van der Waals surface area contributed by atoms with Crippen molar-refractivity contribution >= 4 is 5.78 Å².